The highest BCUT2D eigenvalue weighted by atomic mass is 19.4. The Bertz CT molecular complexity index is 538. The van der Waals surface area contributed by atoms with Gasteiger partial charge in [-0.15, -0.1) is 0 Å². The Balaban J connectivity index is 3.26. The summed E-state index contributed by atoms with van der Waals surface area (Å²) in [5.74, 6) is 0. The van der Waals surface area contributed by atoms with Crippen LogP contribution in [0.3, 0.4) is 0 Å². The Morgan fingerprint density at radius 3 is 2.55 bits per heavy atom. The van der Waals surface area contributed by atoms with Crippen LogP contribution in [0.25, 0.3) is 0 Å². The first-order valence-corrected chi connectivity index (χ1v) is 5.78. The number of hydrogen-bond donors (Lipinski definition) is 0. The number of hydrogen-bond acceptors (Lipinski definition) is 4. The minimum absolute atomic E-state index is 0.0840. The number of benzene rings is 1. The summed E-state index contributed by atoms with van der Waals surface area (Å²) in [5.41, 5.74) is -1.59. The summed E-state index contributed by atoms with van der Waals surface area (Å²) >= 11 is 0. The third-order valence-corrected chi connectivity index (χ3v) is 2.72. The molecular formula is C12H12F3N3O2. The van der Waals surface area contributed by atoms with E-state index in [2.05, 4.69) is 0 Å². The SMILES string of the molecule is CCN(CCC#N)c1ccc(C(F)(F)F)cc1[N+](=O)[O-]. The normalized spacial score (nSPS) is 10.9. The lowest BCUT2D eigenvalue weighted by Crippen LogP contribution is -2.24. The molecule has 1 aromatic rings. The Kier molecular flexibility index (Phi) is 4.91. The Hall–Kier alpha value is -2.30. The van der Waals surface area contributed by atoms with Crippen LogP contribution in [0.15, 0.2) is 18.2 Å². The van der Waals surface area contributed by atoms with E-state index in [1.54, 1.807) is 6.92 Å². The van der Waals surface area contributed by atoms with Crippen LogP contribution in [0.1, 0.15) is 18.9 Å². The number of anilines is 1. The van der Waals surface area contributed by atoms with Gasteiger partial charge in [-0.1, -0.05) is 0 Å². The number of nitro benzene ring substituents is 1. The molecule has 0 saturated heterocycles. The lowest BCUT2D eigenvalue weighted by Gasteiger charge is -2.22. The molecule has 0 saturated carbocycles. The monoisotopic (exact) mass is 287 g/mol. The molecule has 0 atom stereocenters. The number of nitrogens with zero attached hydrogens (tertiary/aromatic N) is 3. The van der Waals surface area contributed by atoms with E-state index >= 15 is 0 Å². The zero-order valence-electron chi connectivity index (χ0n) is 10.6. The lowest BCUT2D eigenvalue weighted by molar-refractivity contribution is -0.384. The van der Waals surface area contributed by atoms with Crippen LogP contribution in [0.5, 0.6) is 0 Å². The molecule has 0 fully saturated rings. The van der Waals surface area contributed by atoms with Crippen LogP contribution in [0.2, 0.25) is 0 Å². The van der Waals surface area contributed by atoms with Crippen LogP contribution < -0.4 is 4.90 Å². The van der Waals surface area contributed by atoms with Gasteiger partial charge in [0, 0.05) is 19.2 Å². The maximum absolute atomic E-state index is 12.6. The Morgan fingerprint density at radius 2 is 2.10 bits per heavy atom. The molecule has 0 radical (unpaired) electrons. The number of rotatable bonds is 5. The van der Waals surface area contributed by atoms with Crippen molar-refractivity contribution in [3.05, 3.63) is 33.9 Å². The van der Waals surface area contributed by atoms with Crippen molar-refractivity contribution in [2.24, 2.45) is 0 Å². The van der Waals surface area contributed by atoms with E-state index in [1.165, 1.54) is 4.90 Å². The Morgan fingerprint density at radius 1 is 1.45 bits per heavy atom. The fourth-order valence-electron chi connectivity index (χ4n) is 1.75. The van der Waals surface area contributed by atoms with Crippen molar-refractivity contribution in [2.45, 2.75) is 19.5 Å². The molecule has 0 unspecified atom stereocenters. The summed E-state index contributed by atoms with van der Waals surface area (Å²) in [7, 11) is 0. The molecular weight excluding hydrogens is 275 g/mol. The molecule has 8 heteroatoms. The highest BCUT2D eigenvalue weighted by Crippen LogP contribution is 2.36. The van der Waals surface area contributed by atoms with Gasteiger partial charge in [0.25, 0.3) is 5.69 Å². The number of nitro groups is 1. The van der Waals surface area contributed by atoms with Crippen LogP contribution in [-0.2, 0) is 6.18 Å². The quantitative estimate of drug-likeness (QED) is 0.615. The molecule has 0 heterocycles. The van der Waals surface area contributed by atoms with Gasteiger partial charge < -0.3 is 4.90 Å². The largest absolute Gasteiger partial charge is 0.416 e. The van der Waals surface area contributed by atoms with Gasteiger partial charge >= 0.3 is 6.18 Å². The summed E-state index contributed by atoms with van der Waals surface area (Å²) in [6, 6.07) is 4.29. The van der Waals surface area contributed by atoms with Gasteiger partial charge in [-0.25, -0.2) is 0 Å². The highest BCUT2D eigenvalue weighted by Gasteiger charge is 2.33. The maximum atomic E-state index is 12.6. The zero-order chi connectivity index (χ0) is 15.3. The molecule has 0 aromatic heterocycles. The van der Waals surface area contributed by atoms with Crippen LogP contribution in [0, 0.1) is 21.4 Å². The van der Waals surface area contributed by atoms with Gasteiger partial charge in [-0.3, -0.25) is 10.1 Å². The molecule has 0 bridgehead atoms. The summed E-state index contributed by atoms with van der Waals surface area (Å²) in [4.78, 5) is 11.6. The first-order valence-electron chi connectivity index (χ1n) is 5.78. The zero-order valence-corrected chi connectivity index (χ0v) is 10.6. The van der Waals surface area contributed by atoms with Gasteiger partial charge in [-0.05, 0) is 19.1 Å². The third-order valence-electron chi connectivity index (χ3n) is 2.72. The van der Waals surface area contributed by atoms with E-state index in [0.717, 1.165) is 12.1 Å². The second-order valence-corrected chi connectivity index (χ2v) is 3.95. The average Bonchev–Trinajstić information content (AvgIpc) is 2.38. The van der Waals surface area contributed by atoms with Crippen molar-refractivity contribution in [2.75, 3.05) is 18.0 Å². The third kappa shape index (κ3) is 3.60. The van der Waals surface area contributed by atoms with Crippen molar-refractivity contribution in [1.82, 2.24) is 0 Å². The van der Waals surface area contributed by atoms with Gasteiger partial charge in [0.05, 0.1) is 23.0 Å². The molecule has 0 aliphatic carbocycles. The Labute approximate surface area is 113 Å². The lowest BCUT2D eigenvalue weighted by atomic mass is 10.1. The number of halogens is 3. The van der Waals surface area contributed by atoms with E-state index in [0.29, 0.717) is 12.6 Å². The highest BCUT2D eigenvalue weighted by molar-refractivity contribution is 5.64. The molecule has 1 rings (SSSR count). The summed E-state index contributed by atoms with van der Waals surface area (Å²) in [5, 5.41) is 19.5. The van der Waals surface area contributed by atoms with Crippen molar-refractivity contribution in [3.8, 4) is 6.07 Å². The second-order valence-electron chi connectivity index (χ2n) is 3.95. The predicted octanol–water partition coefficient (Wildman–Crippen LogP) is 3.35. The second kappa shape index (κ2) is 6.23. The predicted molar refractivity (Wildman–Crippen MR) is 66.2 cm³/mol. The molecule has 5 nitrogen and oxygen atoms in total. The molecule has 0 amide bonds. The fourth-order valence-corrected chi connectivity index (χ4v) is 1.75. The first kappa shape index (κ1) is 15.8. The van der Waals surface area contributed by atoms with E-state index in [4.69, 9.17) is 5.26 Å². The van der Waals surface area contributed by atoms with Gasteiger partial charge in [0.15, 0.2) is 0 Å². The minimum atomic E-state index is -4.63. The van der Waals surface area contributed by atoms with Gasteiger partial charge in [0.2, 0.25) is 0 Å². The van der Waals surface area contributed by atoms with Crippen LogP contribution >= 0.6 is 0 Å². The van der Waals surface area contributed by atoms with Crippen molar-refractivity contribution < 1.29 is 18.1 Å². The standard InChI is InChI=1S/C12H12F3N3O2/c1-2-17(7-3-6-16)10-5-4-9(12(13,14)15)8-11(10)18(19)20/h4-5,8H,2-3,7H2,1H3. The summed E-state index contributed by atoms with van der Waals surface area (Å²) < 4.78 is 37.7. The van der Waals surface area contributed by atoms with Crippen LogP contribution in [-0.4, -0.2) is 18.0 Å². The summed E-state index contributed by atoms with van der Waals surface area (Å²) in [6.45, 7) is 2.28. The molecule has 108 valence electrons. The summed E-state index contributed by atoms with van der Waals surface area (Å²) in [6.07, 6.45) is -4.50. The van der Waals surface area contributed by atoms with E-state index < -0.39 is 22.4 Å². The molecule has 0 N–H and O–H groups in total. The topological polar surface area (TPSA) is 70.2 Å². The van der Waals surface area contributed by atoms with Gasteiger partial charge in [-0.2, -0.15) is 18.4 Å². The number of nitriles is 1. The molecule has 0 aliphatic rings. The van der Waals surface area contributed by atoms with E-state index in [1.807, 2.05) is 6.07 Å². The molecule has 20 heavy (non-hydrogen) atoms. The maximum Gasteiger partial charge on any atom is 0.416 e. The van der Waals surface area contributed by atoms with Gasteiger partial charge in [0.1, 0.15) is 5.69 Å². The average molecular weight is 287 g/mol. The molecule has 1 aromatic carbocycles. The first-order chi connectivity index (χ1) is 9.31. The van der Waals surface area contributed by atoms with Crippen LogP contribution in [0.4, 0.5) is 24.5 Å². The number of alkyl halides is 3. The fraction of sp³-hybridized carbons (Fsp3) is 0.417. The molecule has 0 aliphatic heterocycles. The van der Waals surface area contributed by atoms with Crippen molar-refractivity contribution in [3.63, 3.8) is 0 Å². The van der Waals surface area contributed by atoms with E-state index in [-0.39, 0.29) is 18.7 Å². The van der Waals surface area contributed by atoms with Crippen molar-refractivity contribution in [1.29, 1.82) is 5.26 Å². The minimum Gasteiger partial charge on any atom is -0.365 e. The van der Waals surface area contributed by atoms with Crippen molar-refractivity contribution >= 4 is 11.4 Å². The van der Waals surface area contributed by atoms with E-state index in [9.17, 15) is 23.3 Å². The smallest absolute Gasteiger partial charge is 0.365 e. The molecule has 0 spiro atoms.